The van der Waals surface area contributed by atoms with Gasteiger partial charge in [0.25, 0.3) is 0 Å². The van der Waals surface area contributed by atoms with Crippen LogP contribution in [-0.4, -0.2) is 10.1 Å². The van der Waals surface area contributed by atoms with E-state index in [4.69, 9.17) is 20.9 Å². The summed E-state index contributed by atoms with van der Waals surface area (Å²) in [7, 11) is 0. The molecule has 1 aromatic heterocycles. The van der Waals surface area contributed by atoms with E-state index < -0.39 is 4.92 Å². The summed E-state index contributed by atoms with van der Waals surface area (Å²) in [5.41, 5.74) is 0.574. The van der Waals surface area contributed by atoms with Crippen LogP contribution in [0.25, 0.3) is 0 Å². The second-order valence-corrected chi connectivity index (χ2v) is 4.03. The number of rotatable bonds is 4. The van der Waals surface area contributed by atoms with Crippen LogP contribution >= 0.6 is 11.6 Å². The van der Waals surface area contributed by atoms with E-state index in [1.807, 2.05) is 0 Å². The minimum Gasteiger partial charge on any atom is -0.478 e. The molecule has 94 valence electrons. The van der Waals surface area contributed by atoms with Gasteiger partial charge in [-0.05, 0) is 13.0 Å². The first kappa shape index (κ1) is 12.4. The van der Waals surface area contributed by atoms with Gasteiger partial charge in [0, 0.05) is 23.2 Å². The predicted octanol–water partition coefficient (Wildman–Crippen LogP) is 3.12. The Morgan fingerprint density at radius 1 is 1.50 bits per heavy atom. The minimum absolute atomic E-state index is 0.0576. The molecule has 0 aliphatic carbocycles. The normalized spacial score (nSPS) is 10.3. The maximum atomic E-state index is 10.8. The van der Waals surface area contributed by atoms with Gasteiger partial charge in [0.15, 0.2) is 11.5 Å². The lowest BCUT2D eigenvalue weighted by atomic mass is 10.3. The van der Waals surface area contributed by atoms with Crippen molar-refractivity contribution in [3.05, 3.63) is 50.9 Å². The molecule has 0 unspecified atom stereocenters. The van der Waals surface area contributed by atoms with E-state index in [0.29, 0.717) is 16.5 Å². The van der Waals surface area contributed by atoms with Crippen molar-refractivity contribution in [1.29, 1.82) is 0 Å². The molecule has 2 aromatic rings. The molecule has 0 aliphatic heterocycles. The molecular formula is C11H9ClN2O4. The molecule has 0 aliphatic rings. The first-order valence-electron chi connectivity index (χ1n) is 5.05. The van der Waals surface area contributed by atoms with Gasteiger partial charge in [-0.1, -0.05) is 16.8 Å². The van der Waals surface area contributed by atoms with Gasteiger partial charge < -0.3 is 9.26 Å². The van der Waals surface area contributed by atoms with Crippen LogP contribution in [0.3, 0.4) is 0 Å². The van der Waals surface area contributed by atoms with E-state index >= 15 is 0 Å². The topological polar surface area (TPSA) is 78.4 Å². The molecule has 1 aromatic carbocycles. The first-order valence-corrected chi connectivity index (χ1v) is 5.43. The Morgan fingerprint density at radius 3 is 2.89 bits per heavy atom. The number of benzene rings is 1. The molecule has 6 nitrogen and oxygen atoms in total. The Kier molecular flexibility index (Phi) is 3.47. The molecule has 0 spiro atoms. The van der Waals surface area contributed by atoms with Crippen LogP contribution in [0.2, 0.25) is 5.02 Å². The SMILES string of the molecule is Cc1cc(COc2cc(Cl)ccc2[N+](=O)[O-])on1. The van der Waals surface area contributed by atoms with E-state index in [0.717, 1.165) is 0 Å². The number of aromatic nitrogens is 1. The number of hydrogen-bond acceptors (Lipinski definition) is 5. The number of aryl methyl sites for hydroxylation is 1. The summed E-state index contributed by atoms with van der Waals surface area (Å²) < 4.78 is 10.3. The smallest absolute Gasteiger partial charge is 0.311 e. The van der Waals surface area contributed by atoms with E-state index in [1.54, 1.807) is 13.0 Å². The van der Waals surface area contributed by atoms with E-state index in [2.05, 4.69) is 5.16 Å². The van der Waals surface area contributed by atoms with Gasteiger partial charge in [-0.25, -0.2) is 0 Å². The van der Waals surface area contributed by atoms with E-state index in [-0.39, 0.29) is 18.0 Å². The van der Waals surface area contributed by atoms with E-state index in [9.17, 15) is 10.1 Å². The Bertz CT molecular complexity index is 582. The molecule has 2 rings (SSSR count). The summed E-state index contributed by atoms with van der Waals surface area (Å²) in [4.78, 5) is 10.3. The van der Waals surface area contributed by atoms with E-state index in [1.165, 1.54) is 18.2 Å². The van der Waals surface area contributed by atoms with Crippen LogP contribution in [0.1, 0.15) is 11.5 Å². The van der Waals surface area contributed by atoms with Crippen molar-refractivity contribution < 1.29 is 14.2 Å². The predicted molar refractivity (Wildman–Crippen MR) is 63.7 cm³/mol. The number of halogens is 1. The maximum absolute atomic E-state index is 10.8. The molecule has 0 fully saturated rings. The fourth-order valence-electron chi connectivity index (χ4n) is 1.39. The first-order chi connectivity index (χ1) is 8.56. The largest absolute Gasteiger partial charge is 0.478 e. The van der Waals surface area contributed by atoms with Crippen molar-refractivity contribution >= 4 is 17.3 Å². The van der Waals surface area contributed by atoms with Crippen LogP contribution in [-0.2, 0) is 6.61 Å². The summed E-state index contributed by atoms with van der Waals surface area (Å²) in [5, 5.41) is 14.8. The number of nitro groups is 1. The summed E-state index contributed by atoms with van der Waals surface area (Å²) in [6.45, 7) is 1.83. The van der Waals surface area contributed by atoms with Gasteiger partial charge in [0.2, 0.25) is 0 Å². The van der Waals surface area contributed by atoms with Gasteiger partial charge >= 0.3 is 5.69 Å². The molecule has 1 heterocycles. The standard InChI is InChI=1S/C11H9ClN2O4/c1-7-4-9(18-13-7)6-17-11-5-8(12)2-3-10(11)14(15)16/h2-5H,6H2,1H3. The Labute approximate surface area is 107 Å². The Balaban J connectivity index is 2.17. The third kappa shape index (κ3) is 2.78. The summed E-state index contributed by atoms with van der Waals surface area (Å²) in [6, 6.07) is 5.81. The van der Waals surface area contributed by atoms with Gasteiger partial charge in [0.05, 0.1) is 10.6 Å². The van der Waals surface area contributed by atoms with Crippen molar-refractivity contribution in [3.63, 3.8) is 0 Å². The maximum Gasteiger partial charge on any atom is 0.311 e. The molecule has 0 amide bonds. The number of hydrogen-bond donors (Lipinski definition) is 0. The Morgan fingerprint density at radius 2 is 2.28 bits per heavy atom. The highest BCUT2D eigenvalue weighted by Gasteiger charge is 2.16. The minimum atomic E-state index is -0.530. The van der Waals surface area contributed by atoms with Gasteiger partial charge in [-0.3, -0.25) is 10.1 Å². The zero-order valence-electron chi connectivity index (χ0n) is 9.42. The van der Waals surface area contributed by atoms with Gasteiger partial charge in [-0.15, -0.1) is 0 Å². The van der Waals surface area contributed by atoms with Crippen LogP contribution < -0.4 is 4.74 Å². The van der Waals surface area contributed by atoms with Gasteiger partial charge in [-0.2, -0.15) is 0 Å². The average Bonchev–Trinajstić information content (AvgIpc) is 2.72. The third-order valence-corrected chi connectivity index (χ3v) is 2.40. The third-order valence-electron chi connectivity index (χ3n) is 2.17. The van der Waals surface area contributed by atoms with Crippen LogP contribution in [0.15, 0.2) is 28.8 Å². The molecule has 0 N–H and O–H groups in total. The van der Waals surface area contributed by atoms with Crippen molar-refractivity contribution in [1.82, 2.24) is 5.16 Å². The highest BCUT2D eigenvalue weighted by molar-refractivity contribution is 6.30. The zero-order chi connectivity index (χ0) is 13.1. The molecular weight excluding hydrogens is 260 g/mol. The molecule has 18 heavy (non-hydrogen) atoms. The lowest BCUT2D eigenvalue weighted by Crippen LogP contribution is -1.98. The summed E-state index contributed by atoms with van der Waals surface area (Å²) in [5.74, 6) is 0.586. The van der Waals surface area contributed by atoms with Crippen molar-refractivity contribution in [2.75, 3.05) is 0 Å². The number of nitro benzene ring substituents is 1. The molecule has 7 heteroatoms. The highest BCUT2D eigenvalue weighted by atomic mass is 35.5. The second kappa shape index (κ2) is 5.05. The number of nitrogens with zero attached hydrogens (tertiary/aromatic N) is 2. The highest BCUT2D eigenvalue weighted by Crippen LogP contribution is 2.30. The summed E-state index contributed by atoms with van der Waals surface area (Å²) in [6.07, 6.45) is 0. The van der Waals surface area contributed by atoms with Crippen molar-refractivity contribution in [2.24, 2.45) is 0 Å². The molecule has 0 atom stereocenters. The lowest BCUT2D eigenvalue weighted by molar-refractivity contribution is -0.386. The zero-order valence-corrected chi connectivity index (χ0v) is 10.2. The molecule has 0 saturated carbocycles. The van der Waals surface area contributed by atoms with Crippen molar-refractivity contribution in [3.8, 4) is 5.75 Å². The molecule has 0 radical (unpaired) electrons. The van der Waals surface area contributed by atoms with Crippen LogP contribution in [0.4, 0.5) is 5.69 Å². The monoisotopic (exact) mass is 268 g/mol. The lowest BCUT2D eigenvalue weighted by Gasteiger charge is -2.04. The fourth-order valence-corrected chi connectivity index (χ4v) is 1.55. The van der Waals surface area contributed by atoms with Crippen LogP contribution in [0.5, 0.6) is 5.75 Å². The van der Waals surface area contributed by atoms with Crippen molar-refractivity contribution in [2.45, 2.75) is 13.5 Å². The molecule has 0 bridgehead atoms. The Hall–Kier alpha value is -2.08. The van der Waals surface area contributed by atoms with Gasteiger partial charge in [0.1, 0.15) is 6.61 Å². The fraction of sp³-hybridized carbons (Fsp3) is 0.182. The number of ether oxygens (including phenoxy) is 1. The summed E-state index contributed by atoms with van der Waals surface area (Å²) >= 11 is 5.77. The quantitative estimate of drug-likeness (QED) is 0.629. The molecule has 0 saturated heterocycles. The average molecular weight is 269 g/mol. The second-order valence-electron chi connectivity index (χ2n) is 3.59. The van der Waals surface area contributed by atoms with Crippen LogP contribution in [0, 0.1) is 17.0 Å².